The predicted octanol–water partition coefficient (Wildman–Crippen LogP) is 3.38. The Balaban J connectivity index is 2.23. The van der Waals surface area contributed by atoms with Gasteiger partial charge in [0.2, 0.25) is 0 Å². The Morgan fingerprint density at radius 3 is 2.74 bits per heavy atom. The number of hydrogen-bond acceptors (Lipinski definition) is 3. The zero-order chi connectivity index (χ0) is 13.8. The first-order valence-electron chi connectivity index (χ1n) is 6.79. The number of methoxy groups -OCH3 is 1. The third kappa shape index (κ3) is 3.19. The molecule has 1 aromatic carbocycles. The Morgan fingerprint density at radius 2 is 2.11 bits per heavy atom. The number of carboxylic acid groups (broad SMARTS) is 1. The second-order valence-electron chi connectivity index (χ2n) is 5.23. The molecule has 19 heavy (non-hydrogen) atoms. The molecule has 1 aromatic rings. The topological polar surface area (TPSA) is 58.6 Å². The van der Waals surface area contributed by atoms with Crippen molar-refractivity contribution in [3.63, 3.8) is 0 Å². The average Bonchev–Trinajstić information content (AvgIpc) is 2.41. The minimum atomic E-state index is -0.909. The summed E-state index contributed by atoms with van der Waals surface area (Å²) in [6.07, 6.45) is 4.76. The normalized spacial score (nSPS) is 22.8. The zero-order valence-corrected chi connectivity index (χ0v) is 11.5. The lowest BCUT2D eigenvalue weighted by Gasteiger charge is -2.31. The van der Waals surface area contributed by atoms with Gasteiger partial charge in [-0.05, 0) is 30.9 Å². The van der Waals surface area contributed by atoms with Gasteiger partial charge in [0, 0.05) is 12.1 Å². The summed E-state index contributed by atoms with van der Waals surface area (Å²) in [7, 11) is 1.59. The molecule has 1 aliphatic rings. The summed E-state index contributed by atoms with van der Waals surface area (Å²) < 4.78 is 5.17. The van der Waals surface area contributed by atoms with Gasteiger partial charge in [0.1, 0.15) is 5.75 Å². The van der Waals surface area contributed by atoms with Crippen molar-refractivity contribution in [1.82, 2.24) is 0 Å². The van der Waals surface area contributed by atoms with Crippen LogP contribution in [0.25, 0.3) is 0 Å². The van der Waals surface area contributed by atoms with Crippen LogP contribution in [0.15, 0.2) is 18.2 Å². The monoisotopic (exact) mass is 263 g/mol. The smallest absolute Gasteiger partial charge is 0.337 e. The van der Waals surface area contributed by atoms with E-state index in [9.17, 15) is 9.90 Å². The average molecular weight is 263 g/mol. The molecule has 0 aromatic heterocycles. The van der Waals surface area contributed by atoms with Crippen LogP contribution >= 0.6 is 0 Å². The van der Waals surface area contributed by atoms with Gasteiger partial charge in [-0.15, -0.1) is 0 Å². The van der Waals surface area contributed by atoms with Crippen LogP contribution in [0.3, 0.4) is 0 Å². The fourth-order valence-electron chi connectivity index (χ4n) is 2.69. The lowest BCUT2D eigenvalue weighted by atomic mass is 9.85. The highest BCUT2D eigenvalue weighted by Crippen LogP contribution is 2.30. The van der Waals surface area contributed by atoms with Gasteiger partial charge in [-0.25, -0.2) is 4.79 Å². The van der Waals surface area contributed by atoms with Gasteiger partial charge in [-0.3, -0.25) is 0 Å². The van der Waals surface area contributed by atoms with Gasteiger partial charge in [0.25, 0.3) is 0 Å². The number of carboxylic acids is 1. The first-order valence-corrected chi connectivity index (χ1v) is 6.79. The largest absolute Gasteiger partial charge is 0.497 e. The molecule has 2 rings (SSSR count). The first-order chi connectivity index (χ1) is 9.11. The summed E-state index contributed by atoms with van der Waals surface area (Å²) >= 11 is 0. The Kier molecular flexibility index (Phi) is 4.30. The van der Waals surface area contributed by atoms with Crippen LogP contribution < -0.4 is 10.1 Å². The van der Waals surface area contributed by atoms with E-state index >= 15 is 0 Å². The minimum Gasteiger partial charge on any atom is -0.497 e. The quantitative estimate of drug-likeness (QED) is 0.874. The number of ether oxygens (including phenoxy) is 1. The highest BCUT2D eigenvalue weighted by atomic mass is 16.5. The maximum atomic E-state index is 11.3. The van der Waals surface area contributed by atoms with Gasteiger partial charge in [0.15, 0.2) is 0 Å². The summed E-state index contributed by atoms with van der Waals surface area (Å²) in [4.78, 5) is 11.3. The predicted molar refractivity (Wildman–Crippen MR) is 75.0 cm³/mol. The van der Waals surface area contributed by atoms with Crippen molar-refractivity contribution >= 4 is 11.7 Å². The van der Waals surface area contributed by atoms with Crippen LogP contribution in [-0.2, 0) is 0 Å². The van der Waals surface area contributed by atoms with E-state index in [0.717, 1.165) is 6.42 Å². The SMILES string of the molecule is COc1ccc(C(=O)O)c(NC2CCCCC2C)c1. The number of carbonyl (C=O) groups is 1. The lowest BCUT2D eigenvalue weighted by Crippen LogP contribution is -2.31. The van der Waals surface area contributed by atoms with Crippen LogP contribution in [0.4, 0.5) is 5.69 Å². The van der Waals surface area contributed by atoms with Crippen molar-refractivity contribution in [2.24, 2.45) is 5.92 Å². The minimum absolute atomic E-state index is 0.304. The molecule has 104 valence electrons. The van der Waals surface area contributed by atoms with E-state index in [2.05, 4.69) is 12.2 Å². The van der Waals surface area contributed by atoms with E-state index in [0.29, 0.717) is 29.0 Å². The zero-order valence-electron chi connectivity index (χ0n) is 11.5. The third-order valence-electron chi connectivity index (χ3n) is 3.91. The first kappa shape index (κ1) is 13.7. The Bertz CT molecular complexity index is 459. The summed E-state index contributed by atoms with van der Waals surface area (Å²) in [6.45, 7) is 2.22. The molecule has 2 unspecified atom stereocenters. The van der Waals surface area contributed by atoms with Crippen molar-refractivity contribution in [2.75, 3.05) is 12.4 Å². The summed E-state index contributed by atoms with van der Waals surface area (Å²) in [5, 5.41) is 12.6. The molecule has 1 saturated carbocycles. The Hall–Kier alpha value is -1.71. The van der Waals surface area contributed by atoms with Crippen molar-refractivity contribution < 1.29 is 14.6 Å². The molecule has 4 heteroatoms. The van der Waals surface area contributed by atoms with E-state index < -0.39 is 5.97 Å². The molecule has 1 aliphatic carbocycles. The number of rotatable bonds is 4. The van der Waals surface area contributed by atoms with Crippen LogP contribution in [0, 0.1) is 5.92 Å². The number of hydrogen-bond donors (Lipinski definition) is 2. The van der Waals surface area contributed by atoms with E-state index in [1.165, 1.54) is 19.3 Å². The van der Waals surface area contributed by atoms with Crippen LogP contribution in [0.2, 0.25) is 0 Å². The molecule has 1 fully saturated rings. The lowest BCUT2D eigenvalue weighted by molar-refractivity contribution is 0.0698. The van der Waals surface area contributed by atoms with Gasteiger partial charge < -0.3 is 15.2 Å². The van der Waals surface area contributed by atoms with E-state index in [1.54, 1.807) is 25.3 Å². The van der Waals surface area contributed by atoms with Crippen molar-refractivity contribution in [2.45, 2.75) is 38.6 Å². The molecule has 0 spiro atoms. The number of aromatic carboxylic acids is 1. The molecule has 0 aliphatic heterocycles. The van der Waals surface area contributed by atoms with E-state index in [-0.39, 0.29) is 0 Å². The Labute approximate surface area is 113 Å². The second kappa shape index (κ2) is 5.95. The maximum absolute atomic E-state index is 11.3. The van der Waals surface area contributed by atoms with Gasteiger partial charge in [0.05, 0.1) is 18.4 Å². The molecular formula is C15H21NO3. The van der Waals surface area contributed by atoms with Crippen molar-refractivity contribution in [3.8, 4) is 5.75 Å². The number of anilines is 1. The summed E-state index contributed by atoms with van der Waals surface area (Å²) in [5.74, 6) is 0.339. The van der Waals surface area contributed by atoms with Crippen molar-refractivity contribution in [3.05, 3.63) is 23.8 Å². The van der Waals surface area contributed by atoms with Gasteiger partial charge >= 0.3 is 5.97 Å². The number of nitrogens with one attached hydrogen (secondary N) is 1. The fourth-order valence-corrected chi connectivity index (χ4v) is 2.69. The van der Waals surface area contributed by atoms with Gasteiger partial charge in [-0.1, -0.05) is 19.8 Å². The van der Waals surface area contributed by atoms with Crippen LogP contribution in [-0.4, -0.2) is 24.2 Å². The van der Waals surface area contributed by atoms with Crippen molar-refractivity contribution in [1.29, 1.82) is 0 Å². The highest BCUT2D eigenvalue weighted by Gasteiger charge is 2.23. The van der Waals surface area contributed by atoms with E-state index in [4.69, 9.17) is 4.74 Å². The Morgan fingerprint density at radius 1 is 1.37 bits per heavy atom. The molecule has 0 amide bonds. The second-order valence-corrected chi connectivity index (χ2v) is 5.23. The summed E-state index contributed by atoms with van der Waals surface area (Å²) in [6, 6.07) is 5.39. The summed E-state index contributed by atoms with van der Waals surface area (Å²) in [5.41, 5.74) is 0.962. The van der Waals surface area contributed by atoms with E-state index in [1.807, 2.05) is 0 Å². The molecule has 0 saturated heterocycles. The van der Waals surface area contributed by atoms with Crippen LogP contribution in [0.1, 0.15) is 43.0 Å². The molecule has 0 radical (unpaired) electrons. The molecule has 0 bridgehead atoms. The van der Waals surface area contributed by atoms with Gasteiger partial charge in [-0.2, -0.15) is 0 Å². The number of benzene rings is 1. The van der Waals surface area contributed by atoms with Crippen LogP contribution in [0.5, 0.6) is 5.75 Å². The molecule has 4 nitrogen and oxygen atoms in total. The maximum Gasteiger partial charge on any atom is 0.337 e. The molecular weight excluding hydrogens is 242 g/mol. The molecule has 0 heterocycles. The molecule has 2 N–H and O–H groups in total. The fraction of sp³-hybridized carbons (Fsp3) is 0.533. The third-order valence-corrected chi connectivity index (χ3v) is 3.91. The molecule has 2 atom stereocenters. The highest BCUT2D eigenvalue weighted by molar-refractivity contribution is 5.94. The standard InChI is InChI=1S/C15H21NO3/c1-10-5-3-4-6-13(10)16-14-9-11(19-2)7-8-12(14)15(17)18/h7-10,13,16H,3-6H2,1-2H3,(H,17,18).